The summed E-state index contributed by atoms with van der Waals surface area (Å²) in [5.41, 5.74) is 3.84. The number of benzene rings is 2. The molecular formula is C32H39N3O5S. The number of carbonyl (C=O) groups excluding carboxylic acids is 2. The molecule has 4 rings (SSSR count). The number of hydrogen-bond acceptors (Lipinski definition) is 7. The molecule has 9 heteroatoms. The van der Waals surface area contributed by atoms with Crippen molar-refractivity contribution in [2.75, 3.05) is 12.3 Å². The number of nitrogens with one attached hydrogen (secondary N) is 2. The van der Waals surface area contributed by atoms with E-state index in [0.717, 1.165) is 52.3 Å². The zero-order valence-electron chi connectivity index (χ0n) is 23.5. The van der Waals surface area contributed by atoms with Gasteiger partial charge in [0.05, 0.1) is 23.8 Å². The van der Waals surface area contributed by atoms with Crippen LogP contribution in [0, 0.1) is 0 Å². The highest BCUT2D eigenvalue weighted by Gasteiger charge is 2.32. The second-order valence-electron chi connectivity index (χ2n) is 10.1. The maximum atomic E-state index is 12.2. The highest BCUT2D eigenvalue weighted by Crippen LogP contribution is 2.39. The summed E-state index contributed by atoms with van der Waals surface area (Å²) >= 11 is 1.67. The van der Waals surface area contributed by atoms with Gasteiger partial charge >= 0.3 is 0 Å². The molecule has 3 N–H and O–H groups in total. The van der Waals surface area contributed by atoms with E-state index in [4.69, 9.17) is 9.47 Å². The molecule has 3 aromatic rings. The summed E-state index contributed by atoms with van der Waals surface area (Å²) in [5, 5.41) is 16.1. The first-order chi connectivity index (χ1) is 20.0. The van der Waals surface area contributed by atoms with Crippen molar-refractivity contribution >= 4 is 23.6 Å². The van der Waals surface area contributed by atoms with Gasteiger partial charge in [0.1, 0.15) is 0 Å². The molecule has 1 aliphatic rings. The zero-order valence-corrected chi connectivity index (χ0v) is 24.3. The Kier molecular flexibility index (Phi) is 12.2. The van der Waals surface area contributed by atoms with Crippen molar-refractivity contribution in [1.29, 1.82) is 0 Å². The monoisotopic (exact) mass is 577 g/mol. The number of pyridine rings is 1. The topological polar surface area (TPSA) is 110 Å². The van der Waals surface area contributed by atoms with Crippen molar-refractivity contribution < 1.29 is 24.2 Å². The second-order valence-corrected chi connectivity index (χ2v) is 11.2. The number of nitrogens with zero attached hydrogens (tertiary/aromatic N) is 1. The number of ether oxygens (including phenoxy) is 2. The first-order valence-electron chi connectivity index (χ1n) is 14.1. The van der Waals surface area contributed by atoms with Crippen LogP contribution in [0.5, 0.6) is 0 Å². The van der Waals surface area contributed by atoms with Gasteiger partial charge in [0.2, 0.25) is 11.8 Å². The largest absolute Gasteiger partial charge is 0.392 e. The van der Waals surface area contributed by atoms with Crippen molar-refractivity contribution in [3.05, 3.63) is 95.2 Å². The van der Waals surface area contributed by atoms with Gasteiger partial charge in [-0.25, -0.2) is 4.98 Å². The summed E-state index contributed by atoms with van der Waals surface area (Å²) in [7, 11) is 0. The maximum Gasteiger partial charge on any atom is 0.220 e. The predicted octanol–water partition coefficient (Wildman–Crippen LogP) is 5.22. The van der Waals surface area contributed by atoms with E-state index in [0.29, 0.717) is 25.9 Å². The molecule has 2 aromatic carbocycles. The predicted molar refractivity (Wildman–Crippen MR) is 159 cm³/mol. The lowest BCUT2D eigenvalue weighted by Gasteiger charge is -2.36. The third-order valence-corrected chi connectivity index (χ3v) is 7.94. The normalized spacial score (nSPS) is 18.5. The average molecular weight is 578 g/mol. The van der Waals surface area contributed by atoms with E-state index in [1.54, 1.807) is 18.0 Å². The average Bonchev–Trinajstić information content (AvgIpc) is 3.01. The molecule has 41 heavy (non-hydrogen) atoms. The Hall–Kier alpha value is -3.24. The second kappa shape index (κ2) is 16.3. The van der Waals surface area contributed by atoms with Crippen LogP contribution in [-0.4, -0.2) is 40.3 Å². The minimum atomic E-state index is -0.526. The Morgan fingerprint density at radius 1 is 0.927 bits per heavy atom. The lowest BCUT2D eigenvalue weighted by Crippen LogP contribution is -2.31. The first-order valence-corrected chi connectivity index (χ1v) is 15.1. The SMILES string of the molecule is CC(=O)NCCCCCC(=O)NCc1ccc(C2OC(CSc3ccccn3)CC(c3ccc(CO)cc3)O2)cc1. The van der Waals surface area contributed by atoms with Crippen molar-refractivity contribution in [3.8, 4) is 0 Å². The smallest absolute Gasteiger partial charge is 0.220 e. The Bertz CT molecular complexity index is 1220. The molecular weight excluding hydrogens is 538 g/mol. The fourth-order valence-corrected chi connectivity index (χ4v) is 5.45. The van der Waals surface area contributed by atoms with Gasteiger partial charge in [-0.15, -0.1) is 11.8 Å². The number of aliphatic hydroxyl groups excluding tert-OH is 1. The van der Waals surface area contributed by atoms with Gasteiger partial charge in [-0.1, -0.05) is 61.0 Å². The van der Waals surface area contributed by atoms with E-state index in [1.807, 2.05) is 66.7 Å². The highest BCUT2D eigenvalue weighted by molar-refractivity contribution is 7.99. The van der Waals surface area contributed by atoms with Crippen molar-refractivity contribution in [2.45, 2.75) is 75.7 Å². The molecule has 3 unspecified atom stereocenters. The number of aliphatic hydroxyl groups is 1. The van der Waals surface area contributed by atoms with Crippen molar-refractivity contribution in [1.82, 2.24) is 15.6 Å². The Labute approximate surface area is 246 Å². The van der Waals surface area contributed by atoms with Crippen LogP contribution in [0.1, 0.15) is 73.7 Å². The fraction of sp³-hybridized carbons (Fsp3) is 0.406. The van der Waals surface area contributed by atoms with Crippen LogP contribution in [0.15, 0.2) is 78.0 Å². The maximum absolute atomic E-state index is 12.2. The minimum absolute atomic E-state index is 0.00756. The summed E-state index contributed by atoms with van der Waals surface area (Å²) in [4.78, 5) is 27.6. The number of rotatable bonds is 14. The Balaban J connectivity index is 1.32. The van der Waals surface area contributed by atoms with Crippen LogP contribution >= 0.6 is 11.8 Å². The number of carbonyl (C=O) groups is 2. The number of unbranched alkanes of at least 4 members (excludes halogenated alkanes) is 2. The van der Waals surface area contributed by atoms with Gasteiger partial charge in [-0.3, -0.25) is 9.59 Å². The number of amides is 2. The Morgan fingerprint density at radius 2 is 1.68 bits per heavy atom. The van der Waals surface area contributed by atoms with Gasteiger partial charge in [0.25, 0.3) is 0 Å². The van der Waals surface area contributed by atoms with Crippen LogP contribution in [0.3, 0.4) is 0 Å². The first kappa shape index (κ1) is 30.7. The van der Waals surface area contributed by atoms with Gasteiger partial charge in [0.15, 0.2) is 6.29 Å². The molecule has 1 fully saturated rings. The van der Waals surface area contributed by atoms with E-state index in [2.05, 4.69) is 15.6 Å². The molecule has 0 saturated carbocycles. The summed E-state index contributed by atoms with van der Waals surface area (Å²) in [6.45, 7) is 2.62. The van der Waals surface area contributed by atoms with E-state index in [1.165, 1.54) is 6.92 Å². The van der Waals surface area contributed by atoms with Gasteiger partial charge in [-0.05, 0) is 41.7 Å². The highest BCUT2D eigenvalue weighted by atomic mass is 32.2. The Morgan fingerprint density at radius 3 is 2.39 bits per heavy atom. The van der Waals surface area contributed by atoms with Crippen molar-refractivity contribution in [3.63, 3.8) is 0 Å². The molecule has 0 bridgehead atoms. The summed E-state index contributed by atoms with van der Waals surface area (Å²) in [6.07, 6.45) is 4.84. The van der Waals surface area contributed by atoms with E-state index < -0.39 is 6.29 Å². The zero-order chi connectivity index (χ0) is 28.9. The van der Waals surface area contributed by atoms with Crippen LogP contribution in [0.25, 0.3) is 0 Å². The molecule has 3 atom stereocenters. The number of thioether (sulfide) groups is 1. The van der Waals surface area contributed by atoms with E-state index in [-0.39, 0.29) is 30.6 Å². The lowest BCUT2D eigenvalue weighted by atomic mass is 10.0. The molecule has 8 nitrogen and oxygen atoms in total. The van der Waals surface area contributed by atoms with Crippen LogP contribution < -0.4 is 10.6 Å². The lowest BCUT2D eigenvalue weighted by molar-refractivity contribution is -0.245. The van der Waals surface area contributed by atoms with Gasteiger partial charge in [0, 0.05) is 50.4 Å². The molecule has 1 aromatic heterocycles. The third kappa shape index (κ3) is 10.3. The number of hydrogen-bond donors (Lipinski definition) is 3. The fourth-order valence-electron chi connectivity index (χ4n) is 4.57. The molecule has 2 heterocycles. The summed E-state index contributed by atoms with van der Waals surface area (Å²) in [6, 6.07) is 21.7. The standard InChI is InChI=1S/C32H39N3O5S/c1-23(37)33-17-5-2-3-7-30(38)35-20-24-9-15-27(16-10-24)32-39-28(22-41-31-8-4-6-18-34-31)19-29(40-32)26-13-11-25(21-36)12-14-26/h4,6,8-16,18,28-29,32,36H,2-3,5,7,17,19-22H2,1H3,(H,33,37)(H,35,38). The summed E-state index contributed by atoms with van der Waals surface area (Å²) in [5.74, 6) is 0.749. The minimum Gasteiger partial charge on any atom is -0.392 e. The molecule has 1 saturated heterocycles. The van der Waals surface area contributed by atoms with Crippen molar-refractivity contribution in [2.24, 2.45) is 0 Å². The van der Waals surface area contributed by atoms with E-state index >= 15 is 0 Å². The number of aromatic nitrogens is 1. The molecule has 218 valence electrons. The van der Waals surface area contributed by atoms with Crippen LogP contribution in [-0.2, 0) is 32.2 Å². The third-order valence-electron chi connectivity index (χ3n) is 6.87. The molecule has 0 radical (unpaired) electrons. The summed E-state index contributed by atoms with van der Waals surface area (Å²) < 4.78 is 12.8. The van der Waals surface area contributed by atoms with E-state index in [9.17, 15) is 14.7 Å². The quantitative estimate of drug-likeness (QED) is 0.178. The van der Waals surface area contributed by atoms with Gasteiger partial charge in [-0.2, -0.15) is 0 Å². The van der Waals surface area contributed by atoms with Crippen LogP contribution in [0.4, 0.5) is 0 Å². The van der Waals surface area contributed by atoms with Gasteiger partial charge < -0.3 is 25.2 Å². The molecule has 0 spiro atoms. The van der Waals surface area contributed by atoms with Crippen LogP contribution in [0.2, 0.25) is 0 Å². The molecule has 1 aliphatic heterocycles. The molecule has 0 aliphatic carbocycles. The molecule has 2 amide bonds.